The molecule has 0 spiro atoms. The van der Waals surface area contributed by atoms with Crippen molar-refractivity contribution in [1.82, 2.24) is 14.8 Å². The molecule has 4 nitrogen and oxygen atoms in total. The number of rotatable bonds is 8. The van der Waals surface area contributed by atoms with Crippen LogP contribution >= 0.6 is 11.8 Å². The number of carbonyl (C=O) groups is 1. The van der Waals surface area contributed by atoms with Crippen LogP contribution in [0, 0.1) is 24.2 Å². The van der Waals surface area contributed by atoms with Gasteiger partial charge in [0.05, 0.1) is 6.54 Å². The number of hydrogen-bond donors (Lipinski definition) is 0. The molecule has 0 saturated heterocycles. The van der Waals surface area contributed by atoms with Crippen LogP contribution in [0.3, 0.4) is 0 Å². The van der Waals surface area contributed by atoms with Crippen LogP contribution in [0.2, 0.25) is 0 Å². The van der Waals surface area contributed by atoms with E-state index in [1.807, 2.05) is 16.4 Å². The van der Waals surface area contributed by atoms with E-state index in [4.69, 9.17) is 0 Å². The van der Waals surface area contributed by atoms with Gasteiger partial charge in [-0.25, -0.2) is 4.98 Å². The van der Waals surface area contributed by atoms with Gasteiger partial charge in [-0.2, -0.15) is 16.9 Å². The van der Waals surface area contributed by atoms with Crippen molar-refractivity contribution >= 4 is 17.5 Å². The van der Waals surface area contributed by atoms with Crippen LogP contribution in [0.5, 0.6) is 0 Å². The summed E-state index contributed by atoms with van der Waals surface area (Å²) < 4.78 is 1.84. The van der Waals surface area contributed by atoms with Gasteiger partial charge in [-0.1, -0.05) is 36.8 Å². The Morgan fingerprint density at radius 1 is 1.30 bits per heavy atom. The van der Waals surface area contributed by atoms with Gasteiger partial charge in [0.25, 0.3) is 0 Å². The molecule has 0 N–H and O–H groups in total. The lowest BCUT2D eigenvalue weighted by Crippen LogP contribution is -2.44. The molecule has 3 atom stereocenters. The second-order valence-electron chi connectivity index (χ2n) is 8.21. The van der Waals surface area contributed by atoms with Gasteiger partial charge in [0.1, 0.15) is 18.4 Å². The molecule has 1 fully saturated rings. The van der Waals surface area contributed by atoms with Crippen molar-refractivity contribution < 1.29 is 4.79 Å². The number of thioether (sulfide) groups is 1. The lowest BCUT2D eigenvalue weighted by Gasteiger charge is -2.41. The van der Waals surface area contributed by atoms with Gasteiger partial charge in [0, 0.05) is 11.3 Å². The number of Topliss-reactive ketones (excluding diaryl/α,β-unsaturated/α-hetero) is 1. The largest absolute Gasteiger partial charge is 0.299 e. The monoisotopic (exact) mass is 385 g/mol. The quantitative estimate of drug-likeness (QED) is 0.668. The average molecular weight is 386 g/mol. The topological polar surface area (TPSA) is 47.8 Å². The van der Waals surface area contributed by atoms with Crippen LogP contribution in [-0.4, -0.2) is 32.6 Å². The zero-order valence-electron chi connectivity index (χ0n) is 16.7. The zero-order chi connectivity index (χ0) is 19.3. The van der Waals surface area contributed by atoms with Crippen LogP contribution in [-0.2, 0) is 17.8 Å². The highest BCUT2D eigenvalue weighted by atomic mass is 32.2. The molecular weight excluding hydrogens is 354 g/mol. The van der Waals surface area contributed by atoms with Crippen LogP contribution < -0.4 is 0 Å². The lowest BCUT2D eigenvalue weighted by molar-refractivity contribution is -0.139. The first-order chi connectivity index (χ1) is 13.0. The number of nitrogens with zero attached hydrogens (tertiary/aromatic N) is 3. The molecule has 0 radical (unpaired) electrons. The summed E-state index contributed by atoms with van der Waals surface area (Å²) >= 11 is 1.83. The van der Waals surface area contributed by atoms with Crippen molar-refractivity contribution in [2.24, 2.45) is 17.3 Å². The van der Waals surface area contributed by atoms with Gasteiger partial charge >= 0.3 is 0 Å². The third-order valence-electron chi connectivity index (χ3n) is 6.20. The normalized spacial score (nSPS) is 25.7. The molecule has 1 saturated carbocycles. The molecule has 1 aliphatic carbocycles. The third-order valence-corrected chi connectivity index (χ3v) is 6.81. The minimum Gasteiger partial charge on any atom is -0.299 e. The first-order valence-electron chi connectivity index (χ1n) is 9.93. The highest BCUT2D eigenvalue weighted by molar-refractivity contribution is 7.98. The van der Waals surface area contributed by atoms with E-state index in [0.29, 0.717) is 18.2 Å². The Hall–Kier alpha value is -1.62. The third kappa shape index (κ3) is 5.01. The van der Waals surface area contributed by atoms with Crippen LogP contribution in [0.25, 0.3) is 0 Å². The van der Waals surface area contributed by atoms with Crippen LogP contribution in [0.15, 0.2) is 36.9 Å². The number of aryl methyl sites for hydroxylation is 2. The molecule has 1 heterocycles. The van der Waals surface area contributed by atoms with E-state index >= 15 is 0 Å². The van der Waals surface area contributed by atoms with Crippen molar-refractivity contribution in [3.63, 3.8) is 0 Å². The summed E-state index contributed by atoms with van der Waals surface area (Å²) in [6, 6.07) is 8.78. The fourth-order valence-corrected chi connectivity index (χ4v) is 4.93. The highest BCUT2D eigenvalue weighted by Crippen LogP contribution is 2.44. The molecule has 3 rings (SSSR count). The van der Waals surface area contributed by atoms with Crippen molar-refractivity contribution in [3.05, 3.63) is 48.0 Å². The number of ketones is 1. The van der Waals surface area contributed by atoms with Gasteiger partial charge in [0.2, 0.25) is 0 Å². The van der Waals surface area contributed by atoms with Gasteiger partial charge in [-0.15, -0.1) is 0 Å². The van der Waals surface area contributed by atoms with Gasteiger partial charge in [-0.05, 0) is 62.5 Å². The van der Waals surface area contributed by atoms with Crippen molar-refractivity contribution in [2.45, 2.75) is 52.5 Å². The van der Waals surface area contributed by atoms with Crippen LogP contribution in [0.1, 0.15) is 43.7 Å². The SMILES string of the molecule is CSCC[C@]1(C)CC[C@@H](CCc2ccc(C)cc2)[C@H](Cn2cncn2)C1=O. The predicted molar refractivity (Wildman–Crippen MR) is 112 cm³/mol. The van der Waals surface area contributed by atoms with E-state index in [2.05, 4.69) is 54.5 Å². The van der Waals surface area contributed by atoms with E-state index in [1.54, 1.807) is 12.7 Å². The Morgan fingerprint density at radius 2 is 2.07 bits per heavy atom. The summed E-state index contributed by atoms with van der Waals surface area (Å²) in [6.07, 6.45) is 10.6. The molecule has 0 bridgehead atoms. The van der Waals surface area contributed by atoms with Gasteiger partial charge < -0.3 is 0 Å². The fourth-order valence-electron chi connectivity index (χ4n) is 4.28. The molecule has 146 valence electrons. The Labute approximate surface area is 167 Å². The summed E-state index contributed by atoms with van der Waals surface area (Å²) in [5, 5.41) is 4.27. The second kappa shape index (κ2) is 9.05. The smallest absolute Gasteiger partial charge is 0.143 e. The molecule has 27 heavy (non-hydrogen) atoms. The molecule has 2 aromatic rings. The summed E-state index contributed by atoms with van der Waals surface area (Å²) in [7, 11) is 0. The number of benzene rings is 1. The van der Waals surface area contributed by atoms with Crippen molar-refractivity contribution in [1.29, 1.82) is 0 Å². The van der Waals surface area contributed by atoms with Gasteiger partial charge in [-0.3, -0.25) is 9.48 Å². The summed E-state index contributed by atoms with van der Waals surface area (Å²) in [6.45, 7) is 4.95. The van der Waals surface area contributed by atoms with Gasteiger partial charge in [0.15, 0.2) is 0 Å². The maximum Gasteiger partial charge on any atom is 0.143 e. The summed E-state index contributed by atoms with van der Waals surface area (Å²) in [4.78, 5) is 17.5. The van der Waals surface area contributed by atoms with Crippen molar-refractivity contribution in [3.8, 4) is 0 Å². The Balaban J connectivity index is 1.72. The van der Waals surface area contributed by atoms with E-state index in [9.17, 15) is 4.79 Å². The second-order valence-corrected chi connectivity index (χ2v) is 9.20. The Kier molecular flexibility index (Phi) is 6.74. The maximum atomic E-state index is 13.5. The van der Waals surface area contributed by atoms with E-state index in [1.165, 1.54) is 11.1 Å². The number of aromatic nitrogens is 3. The lowest BCUT2D eigenvalue weighted by atomic mass is 9.63. The molecule has 0 unspecified atom stereocenters. The van der Waals surface area contributed by atoms with Crippen molar-refractivity contribution in [2.75, 3.05) is 12.0 Å². The number of hydrogen-bond acceptors (Lipinski definition) is 4. The average Bonchev–Trinajstić information content (AvgIpc) is 3.18. The minimum absolute atomic E-state index is 0.0396. The molecule has 1 aromatic heterocycles. The minimum atomic E-state index is -0.186. The standard InChI is InChI=1S/C22H31N3OS/c1-17-4-6-18(7-5-17)8-9-19-10-11-22(2,12-13-27-3)21(26)20(19)14-25-16-23-15-24-25/h4-7,15-16,19-20H,8-14H2,1-3H3/t19-,20+,22+/m1/s1. The van der Waals surface area contributed by atoms with E-state index < -0.39 is 0 Å². The first-order valence-corrected chi connectivity index (χ1v) is 11.3. The molecular formula is C22H31N3OS. The Morgan fingerprint density at radius 3 is 2.74 bits per heavy atom. The van der Waals surface area contributed by atoms with E-state index in [-0.39, 0.29) is 11.3 Å². The molecule has 1 aliphatic rings. The molecule has 0 aliphatic heterocycles. The van der Waals surface area contributed by atoms with E-state index in [0.717, 1.165) is 37.9 Å². The number of carbonyl (C=O) groups excluding carboxylic acids is 1. The molecule has 0 amide bonds. The first kappa shape index (κ1) is 20.1. The molecule has 5 heteroatoms. The highest BCUT2D eigenvalue weighted by Gasteiger charge is 2.45. The Bertz CT molecular complexity index is 729. The van der Waals surface area contributed by atoms with Crippen LogP contribution in [0.4, 0.5) is 0 Å². The zero-order valence-corrected chi connectivity index (χ0v) is 17.5. The summed E-state index contributed by atoms with van der Waals surface area (Å²) in [5.74, 6) is 1.95. The summed E-state index contributed by atoms with van der Waals surface area (Å²) in [5.41, 5.74) is 2.47. The molecule has 1 aromatic carbocycles. The maximum absolute atomic E-state index is 13.5. The fraction of sp³-hybridized carbons (Fsp3) is 0.591. The predicted octanol–water partition coefficient (Wildman–Crippen LogP) is 4.57.